The van der Waals surface area contributed by atoms with Crippen LogP contribution >= 0.6 is 0 Å². The maximum absolute atomic E-state index is 12.3. The van der Waals surface area contributed by atoms with E-state index in [9.17, 15) is 13.5 Å². The number of aryl methyl sites for hydroxylation is 2. The van der Waals surface area contributed by atoms with E-state index in [1.165, 1.54) is 0 Å². The monoisotopic (exact) mass is 301 g/mol. The van der Waals surface area contributed by atoms with Gasteiger partial charge in [-0.3, -0.25) is 0 Å². The van der Waals surface area contributed by atoms with Crippen LogP contribution in [0, 0.1) is 13.8 Å². The molecule has 2 N–H and O–H groups in total. The number of nitrogens with one attached hydrogen (secondary N) is 1. The molecule has 0 saturated carbocycles. The first-order valence-corrected chi connectivity index (χ1v) is 8.01. The van der Waals surface area contributed by atoms with E-state index in [0.717, 1.165) is 5.56 Å². The van der Waals surface area contributed by atoms with E-state index in [4.69, 9.17) is 4.74 Å². The molecule has 0 aliphatic carbocycles. The van der Waals surface area contributed by atoms with E-state index in [1.54, 1.807) is 39.8 Å². The normalized spacial score (nSPS) is 12.5. The lowest BCUT2D eigenvalue weighted by Crippen LogP contribution is -2.38. The Morgan fingerprint density at radius 2 is 1.85 bits per heavy atom. The largest absolute Gasteiger partial charge is 0.494 e. The Morgan fingerprint density at radius 3 is 2.35 bits per heavy atom. The topological polar surface area (TPSA) is 75.6 Å². The van der Waals surface area contributed by atoms with Crippen molar-refractivity contribution in [2.24, 2.45) is 0 Å². The van der Waals surface area contributed by atoms with Crippen molar-refractivity contribution in [1.82, 2.24) is 4.72 Å². The van der Waals surface area contributed by atoms with Crippen molar-refractivity contribution in [3.05, 3.63) is 23.3 Å². The van der Waals surface area contributed by atoms with Crippen LogP contribution in [0.1, 0.15) is 31.9 Å². The van der Waals surface area contributed by atoms with Crippen LogP contribution in [-0.2, 0) is 10.0 Å². The molecule has 1 aromatic carbocycles. The first-order valence-electron chi connectivity index (χ1n) is 6.53. The van der Waals surface area contributed by atoms with E-state index in [2.05, 4.69) is 4.72 Å². The summed E-state index contributed by atoms with van der Waals surface area (Å²) in [7, 11) is -3.64. The van der Waals surface area contributed by atoms with E-state index in [0.29, 0.717) is 17.9 Å². The standard InChI is InChI=1S/C14H23NO4S/c1-6-19-12-7-11(3)13(8-10(12)2)20(17,18)15-9-14(4,5)16/h7-8,15-16H,6,9H2,1-5H3. The van der Waals surface area contributed by atoms with Gasteiger partial charge in [0.2, 0.25) is 10.0 Å². The number of rotatable bonds is 6. The quantitative estimate of drug-likeness (QED) is 0.839. The molecule has 0 atom stereocenters. The lowest BCUT2D eigenvalue weighted by atomic mass is 10.1. The van der Waals surface area contributed by atoms with Crippen molar-refractivity contribution in [3.63, 3.8) is 0 Å². The Labute approximate surface area is 121 Å². The van der Waals surface area contributed by atoms with E-state index in [-0.39, 0.29) is 11.4 Å². The van der Waals surface area contributed by atoms with Gasteiger partial charge < -0.3 is 9.84 Å². The molecule has 5 nitrogen and oxygen atoms in total. The molecule has 1 rings (SSSR count). The fourth-order valence-corrected chi connectivity index (χ4v) is 3.23. The molecule has 0 saturated heterocycles. The highest BCUT2D eigenvalue weighted by Gasteiger charge is 2.22. The average molecular weight is 301 g/mol. The van der Waals surface area contributed by atoms with Crippen LogP contribution in [0.2, 0.25) is 0 Å². The molecular formula is C14H23NO4S. The summed E-state index contributed by atoms with van der Waals surface area (Å²) in [5, 5.41) is 9.62. The Balaban J connectivity index is 3.10. The molecule has 20 heavy (non-hydrogen) atoms. The number of aliphatic hydroxyl groups is 1. The van der Waals surface area contributed by atoms with Crippen LogP contribution in [0.15, 0.2) is 17.0 Å². The SMILES string of the molecule is CCOc1cc(C)c(S(=O)(=O)NCC(C)(C)O)cc1C. The van der Waals surface area contributed by atoms with Gasteiger partial charge in [0, 0.05) is 6.54 Å². The highest BCUT2D eigenvalue weighted by Crippen LogP contribution is 2.25. The Bertz CT molecular complexity index is 574. The van der Waals surface area contributed by atoms with Crippen molar-refractivity contribution < 1.29 is 18.3 Å². The van der Waals surface area contributed by atoms with Gasteiger partial charge in [0.15, 0.2) is 0 Å². The highest BCUT2D eigenvalue weighted by atomic mass is 32.2. The molecule has 0 spiro atoms. The predicted octanol–water partition coefficient (Wildman–Crippen LogP) is 1.75. The lowest BCUT2D eigenvalue weighted by Gasteiger charge is -2.19. The van der Waals surface area contributed by atoms with Crippen LogP contribution in [0.5, 0.6) is 5.75 Å². The van der Waals surface area contributed by atoms with Crippen molar-refractivity contribution in [3.8, 4) is 5.75 Å². The number of hydrogen-bond donors (Lipinski definition) is 2. The van der Waals surface area contributed by atoms with Crippen LogP contribution < -0.4 is 9.46 Å². The summed E-state index contributed by atoms with van der Waals surface area (Å²) in [6, 6.07) is 3.31. The molecule has 6 heteroatoms. The molecule has 0 aliphatic heterocycles. The second kappa shape index (κ2) is 6.11. The zero-order valence-corrected chi connectivity index (χ0v) is 13.5. The minimum atomic E-state index is -3.64. The van der Waals surface area contributed by atoms with E-state index < -0.39 is 15.6 Å². The summed E-state index contributed by atoms with van der Waals surface area (Å²) in [5.74, 6) is 0.687. The van der Waals surface area contributed by atoms with Gasteiger partial charge in [-0.25, -0.2) is 13.1 Å². The Morgan fingerprint density at radius 1 is 1.25 bits per heavy atom. The van der Waals surface area contributed by atoms with Crippen molar-refractivity contribution >= 4 is 10.0 Å². The summed E-state index contributed by atoms with van der Waals surface area (Å²) in [6.07, 6.45) is 0. The number of sulfonamides is 1. The minimum absolute atomic E-state index is 0.0406. The Hall–Kier alpha value is -1.11. The van der Waals surface area contributed by atoms with Gasteiger partial charge in [-0.2, -0.15) is 0 Å². The maximum atomic E-state index is 12.3. The fraction of sp³-hybridized carbons (Fsp3) is 0.571. The average Bonchev–Trinajstić information content (AvgIpc) is 2.30. The van der Waals surface area contributed by atoms with Gasteiger partial charge >= 0.3 is 0 Å². The Kier molecular flexibility index (Phi) is 5.18. The first-order chi connectivity index (χ1) is 9.07. The highest BCUT2D eigenvalue weighted by molar-refractivity contribution is 7.89. The summed E-state index contributed by atoms with van der Waals surface area (Å²) < 4.78 is 32.4. The van der Waals surface area contributed by atoms with Gasteiger partial charge in [0.05, 0.1) is 17.1 Å². The second-order valence-electron chi connectivity index (χ2n) is 5.45. The molecule has 0 amide bonds. The van der Waals surface area contributed by atoms with Crippen molar-refractivity contribution in [1.29, 1.82) is 0 Å². The lowest BCUT2D eigenvalue weighted by molar-refractivity contribution is 0.0857. The summed E-state index contributed by atoms with van der Waals surface area (Å²) in [6.45, 7) is 8.99. The fourth-order valence-electron chi connectivity index (χ4n) is 1.71. The molecule has 0 unspecified atom stereocenters. The van der Waals surface area contributed by atoms with E-state index in [1.807, 2.05) is 6.92 Å². The maximum Gasteiger partial charge on any atom is 0.240 e. The predicted molar refractivity (Wildman–Crippen MR) is 78.6 cm³/mol. The van der Waals surface area contributed by atoms with Gasteiger partial charge in [-0.1, -0.05) is 0 Å². The first kappa shape index (κ1) is 16.9. The number of benzene rings is 1. The molecule has 1 aromatic rings. The van der Waals surface area contributed by atoms with Crippen LogP contribution in [0.3, 0.4) is 0 Å². The molecule has 0 aromatic heterocycles. The zero-order valence-electron chi connectivity index (χ0n) is 12.6. The third-order valence-electron chi connectivity index (χ3n) is 2.76. The van der Waals surface area contributed by atoms with E-state index >= 15 is 0 Å². The minimum Gasteiger partial charge on any atom is -0.494 e. The van der Waals surface area contributed by atoms with Crippen LogP contribution in [0.4, 0.5) is 0 Å². The molecule has 0 fully saturated rings. The van der Waals surface area contributed by atoms with Crippen molar-refractivity contribution in [2.45, 2.75) is 45.1 Å². The summed E-state index contributed by atoms with van der Waals surface area (Å²) in [5.41, 5.74) is 0.282. The number of hydrogen-bond acceptors (Lipinski definition) is 4. The molecule has 0 heterocycles. The second-order valence-corrected chi connectivity index (χ2v) is 7.19. The molecular weight excluding hydrogens is 278 g/mol. The van der Waals surface area contributed by atoms with Gasteiger partial charge in [0.1, 0.15) is 5.75 Å². The van der Waals surface area contributed by atoms with Gasteiger partial charge in [-0.15, -0.1) is 0 Å². The summed E-state index contributed by atoms with van der Waals surface area (Å²) in [4.78, 5) is 0.211. The van der Waals surface area contributed by atoms with Crippen molar-refractivity contribution in [2.75, 3.05) is 13.2 Å². The van der Waals surface area contributed by atoms with Crippen LogP contribution in [-0.4, -0.2) is 32.3 Å². The zero-order chi connectivity index (χ0) is 15.6. The van der Waals surface area contributed by atoms with Crippen LogP contribution in [0.25, 0.3) is 0 Å². The molecule has 0 aliphatic rings. The summed E-state index contributed by atoms with van der Waals surface area (Å²) >= 11 is 0. The van der Waals surface area contributed by atoms with Gasteiger partial charge in [0.25, 0.3) is 0 Å². The number of ether oxygens (including phenoxy) is 1. The molecule has 0 radical (unpaired) electrons. The van der Waals surface area contributed by atoms with Gasteiger partial charge in [-0.05, 0) is 57.9 Å². The third-order valence-corrected chi connectivity index (χ3v) is 4.30. The smallest absolute Gasteiger partial charge is 0.240 e. The third kappa shape index (κ3) is 4.47. The molecule has 0 bridgehead atoms. The molecule has 114 valence electrons.